The van der Waals surface area contributed by atoms with Crippen molar-refractivity contribution in [2.75, 3.05) is 0 Å². The van der Waals surface area contributed by atoms with Gasteiger partial charge in [-0.1, -0.05) is 12.1 Å². The van der Waals surface area contributed by atoms with E-state index in [1.165, 1.54) is 9.13 Å². The number of hydrogen-bond donors (Lipinski definition) is 0. The summed E-state index contributed by atoms with van der Waals surface area (Å²) in [5.41, 5.74) is 0.814. The fraction of sp³-hybridized carbons (Fsp3) is 0. The molecule has 0 aliphatic heterocycles. The van der Waals surface area contributed by atoms with E-state index in [2.05, 4.69) is 59.5 Å². The predicted octanol–water partition coefficient (Wildman–Crippen LogP) is 0.694. The number of para-hydroxylation sites is 2. The Morgan fingerprint density at radius 2 is 1.18 bits per heavy atom. The average molecular weight is 278 g/mol. The van der Waals surface area contributed by atoms with Crippen molar-refractivity contribution in [1.29, 1.82) is 0 Å². The van der Waals surface area contributed by atoms with E-state index in [1.807, 2.05) is 0 Å². The number of benzene rings is 1. The molecule has 0 saturated heterocycles. The van der Waals surface area contributed by atoms with Crippen molar-refractivity contribution in [3.05, 3.63) is 34.7 Å². The zero-order chi connectivity index (χ0) is 15.8. The van der Waals surface area contributed by atoms with Crippen molar-refractivity contribution in [3.63, 3.8) is 0 Å². The first-order valence-corrected chi connectivity index (χ1v) is 5.95. The molecule has 1 aromatic carbocycles. The molecule has 2 aromatic rings. The summed E-state index contributed by atoms with van der Waals surface area (Å²) >= 11 is 0. The maximum atomic E-state index is 12.4. The van der Waals surface area contributed by atoms with E-state index in [9.17, 15) is 4.79 Å². The second-order valence-corrected chi connectivity index (χ2v) is 3.70. The summed E-state index contributed by atoms with van der Waals surface area (Å²) in [6.07, 6.45) is 10.0. The maximum absolute atomic E-state index is 12.4. The Morgan fingerprint density at radius 3 is 1.59 bits per heavy atom. The Morgan fingerprint density at radius 1 is 0.727 bits per heavy atom. The molecule has 0 aliphatic carbocycles. The lowest BCUT2D eigenvalue weighted by atomic mass is 10.3. The monoisotopic (exact) mass is 278 g/mol. The topological polar surface area (TPSA) is 26.9 Å². The second-order valence-electron chi connectivity index (χ2n) is 3.70. The van der Waals surface area contributed by atoms with Crippen molar-refractivity contribution in [3.8, 4) is 72.3 Å². The van der Waals surface area contributed by atoms with Crippen molar-refractivity contribution in [2.24, 2.45) is 0 Å². The largest absolute Gasteiger partial charge is 0.353 e. The van der Waals surface area contributed by atoms with Gasteiger partial charge in [0.1, 0.15) is 0 Å². The van der Waals surface area contributed by atoms with Crippen molar-refractivity contribution in [1.82, 2.24) is 9.13 Å². The summed E-state index contributed by atoms with van der Waals surface area (Å²) in [5.74, 6) is 18.9. The van der Waals surface area contributed by atoms with Gasteiger partial charge in [0, 0.05) is 35.8 Å². The Labute approximate surface area is 127 Å². The van der Waals surface area contributed by atoms with E-state index in [-0.39, 0.29) is 0 Å². The number of rotatable bonds is 0. The summed E-state index contributed by atoms with van der Waals surface area (Å²) in [6, 6.07) is 12.4. The molecule has 2 rings (SSSR count). The lowest BCUT2D eigenvalue weighted by molar-refractivity contribution is 0.979. The SMILES string of the molecule is C#CC#CC#Cn1c(=O)n(C#CC#CC#C)c2ccccc21. The molecule has 1 aromatic heterocycles. The third kappa shape index (κ3) is 2.88. The normalized spacial score (nSPS) is 7.55. The molecule has 0 saturated carbocycles. The van der Waals surface area contributed by atoms with Crippen LogP contribution < -0.4 is 5.69 Å². The highest BCUT2D eigenvalue weighted by atomic mass is 16.1. The van der Waals surface area contributed by atoms with Crippen LogP contribution in [0.15, 0.2) is 29.1 Å². The van der Waals surface area contributed by atoms with Gasteiger partial charge in [0.2, 0.25) is 0 Å². The van der Waals surface area contributed by atoms with Crippen molar-refractivity contribution >= 4 is 11.0 Å². The molecule has 0 fully saturated rings. The van der Waals surface area contributed by atoms with E-state index in [1.54, 1.807) is 24.3 Å². The number of hydrogen-bond acceptors (Lipinski definition) is 1. The average Bonchev–Trinajstić information content (AvgIpc) is 2.80. The van der Waals surface area contributed by atoms with Crippen LogP contribution >= 0.6 is 0 Å². The van der Waals surface area contributed by atoms with Gasteiger partial charge in [-0.2, -0.15) is 0 Å². The zero-order valence-corrected chi connectivity index (χ0v) is 11.3. The summed E-state index contributed by atoms with van der Waals surface area (Å²) in [5, 5.41) is 0. The first-order chi connectivity index (χ1) is 10.8. The minimum absolute atomic E-state index is 0.411. The fourth-order valence-corrected chi connectivity index (χ4v) is 1.67. The summed E-state index contributed by atoms with van der Waals surface area (Å²) < 4.78 is 2.51. The molecule has 0 atom stereocenters. The molecule has 0 spiro atoms. The Bertz CT molecular complexity index is 1040. The number of imidazole rings is 1. The smallest absolute Gasteiger partial charge is 0.245 e. The van der Waals surface area contributed by atoms with E-state index in [4.69, 9.17) is 12.8 Å². The van der Waals surface area contributed by atoms with Crippen LogP contribution in [-0.2, 0) is 0 Å². The molecule has 0 unspecified atom stereocenters. The summed E-state index contributed by atoms with van der Waals surface area (Å²) in [6.45, 7) is 0. The highest BCUT2D eigenvalue weighted by Gasteiger charge is 2.09. The van der Waals surface area contributed by atoms with Gasteiger partial charge in [-0.15, -0.1) is 12.8 Å². The quantitative estimate of drug-likeness (QED) is 0.652. The predicted molar refractivity (Wildman–Crippen MR) is 85.8 cm³/mol. The molecule has 0 bridgehead atoms. The Kier molecular flexibility index (Phi) is 4.44. The third-order valence-electron chi connectivity index (χ3n) is 2.48. The van der Waals surface area contributed by atoms with Gasteiger partial charge in [-0.25, -0.2) is 13.9 Å². The highest BCUT2D eigenvalue weighted by Crippen LogP contribution is 2.10. The van der Waals surface area contributed by atoms with Crippen LogP contribution in [0.25, 0.3) is 11.0 Å². The van der Waals surface area contributed by atoms with Gasteiger partial charge in [0.05, 0.1) is 11.0 Å². The first-order valence-electron chi connectivity index (χ1n) is 5.95. The van der Waals surface area contributed by atoms with Crippen LogP contribution in [-0.4, -0.2) is 9.13 Å². The van der Waals surface area contributed by atoms with Crippen LogP contribution in [0.2, 0.25) is 0 Å². The molecule has 0 N–H and O–H groups in total. The highest BCUT2D eigenvalue weighted by molar-refractivity contribution is 5.78. The van der Waals surface area contributed by atoms with E-state index < -0.39 is 5.69 Å². The van der Waals surface area contributed by atoms with Crippen LogP contribution in [0, 0.1) is 72.3 Å². The molecule has 3 nitrogen and oxygen atoms in total. The van der Waals surface area contributed by atoms with Crippen LogP contribution in [0.4, 0.5) is 0 Å². The van der Waals surface area contributed by atoms with Crippen molar-refractivity contribution in [2.45, 2.75) is 0 Å². The molecule has 22 heavy (non-hydrogen) atoms. The van der Waals surface area contributed by atoms with E-state index in [0.29, 0.717) is 11.0 Å². The van der Waals surface area contributed by atoms with Gasteiger partial charge in [0.15, 0.2) is 0 Å². The molecule has 3 heteroatoms. The summed E-state index contributed by atoms with van der Waals surface area (Å²) in [7, 11) is 0. The standard InChI is InChI=1S/C19H6N2O/c1-3-5-7-11-15-20-17-13-9-10-14-18(17)21(19(20)22)16-12-8-6-4-2/h1-2,9-10,13-14H. The van der Waals surface area contributed by atoms with Crippen LogP contribution in [0.5, 0.6) is 0 Å². The summed E-state index contributed by atoms with van der Waals surface area (Å²) in [4.78, 5) is 12.4. The number of terminal acetylenes is 2. The second kappa shape index (κ2) is 6.85. The maximum Gasteiger partial charge on any atom is 0.353 e. The molecule has 0 aliphatic rings. The van der Waals surface area contributed by atoms with Crippen LogP contribution in [0.1, 0.15) is 0 Å². The molecular weight excluding hydrogens is 272 g/mol. The number of aromatic nitrogens is 2. The molecule has 0 radical (unpaired) electrons. The number of nitrogens with zero attached hydrogens (tertiary/aromatic N) is 2. The van der Waals surface area contributed by atoms with Gasteiger partial charge in [-0.05, 0) is 35.8 Å². The molecule has 98 valence electrons. The van der Waals surface area contributed by atoms with Gasteiger partial charge in [-0.3, -0.25) is 0 Å². The zero-order valence-electron chi connectivity index (χ0n) is 11.3. The fourth-order valence-electron chi connectivity index (χ4n) is 1.67. The number of fused-ring (bicyclic) bond motifs is 1. The van der Waals surface area contributed by atoms with E-state index >= 15 is 0 Å². The van der Waals surface area contributed by atoms with E-state index in [0.717, 1.165) is 0 Å². The molecule has 1 heterocycles. The lowest BCUT2D eigenvalue weighted by Gasteiger charge is -1.90. The minimum Gasteiger partial charge on any atom is -0.245 e. The lowest BCUT2D eigenvalue weighted by Crippen LogP contribution is -2.19. The molecule has 0 amide bonds. The Balaban J connectivity index is 2.69. The van der Waals surface area contributed by atoms with Crippen LogP contribution in [0.3, 0.4) is 0 Å². The van der Waals surface area contributed by atoms with Gasteiger partial charge < -0.3 is 0 Å². The third-order valence-corrected chi connectivity index (χ3v) is 2.48. The van der Waals surface area contributed by atoms with Gasteiger partial charge >= 0.3 is 5.69 Å². The Hall–Kier alpha value is -4.15. The minimum atomic E-state index is -0.411. The van der Waals surface area contributed by atoms with Crippen molar-refractivity contribution < 1.29 is 0 Å². The first kappa shape index (κ1) is 14.3. The van der Waals surface area contributed by atoms with Gasteiger partial charge in [0.25, 0.3) is 0 Å². The molecular formula is C19H6N2O.